The Kier molecular flexibility index (Phi) is 2.06. The molecule has 0 fully saturated rings. The Bertz CT molecular complexity index is 731. The third kappa shape index (κ3) is 1.49. The molecule has 1 aromatic carbocycles. The van der Waals surface area contributed by atoms with Gasteiger partial charge in [-0.05, 0) is 18.2 Å². The normalized spacial score (nSPS) is 10.9. The first-order chi connectivity index (χ1) is 8.65. The maximum atomic E-state index is 5.84. The third-order valence-corrected chi connectivity index (χ3v) is 2.61. The minimum atomic E-state index is 0.145. The molecule has 0 atom stereocenters. The van der Waals surface area contributed by atoms with Crippen molar-refractivity contribution in [3.63, 3.8) is 0 Å². The van der Waals surface area contributed by atoms with Gasteiger partial charge in [0.1, 0.15) is 0 Å². The Morgan fingerprint density at radius 3 is 2.72 bits per heavy atom. The number of nitrogen functional groups attached to an aromatic ring is 3. The standard InChI is InChI=1S/C11H11N7/c12-7-2-1-6-4-16-18(9(6)3-7)10-8(13)5-15-11(14)17-10/h1-5H,12-13H2,(H2,14,15,17). The van der Waals surface area contributed by atoms with Gasteiger partial charge in [0.2, 0.25) is 5.95 Å². The number of benzene rings is 1. The molecule has 6 N–H and O–H groups in total. The first kappa shape index (κ1) is 10.3. The summed E-state index contributed by atoms with van der Waals surface area (Å²) in [6, 6.07) is 5.50. The number of fused-ring (bicyclic) bond motifs is 1. The van der Waals surface area contributed by atoms with Crippen LogP contribution in [-0.4, -0.2) is 19.7 Å². The largest absolute Gasteiger partial charge is 0.399 e. The van der Waals surface area contributed by atoms with Crippen LogP contribution in [0.4, 0.5) is 17.3 Å². The van der Waals surface area contributed by atoms with Gasteiger partial charge in [-0.15, -0.1) is 0 Å². The first-order valence-corrected chi connectivity index (χ1v) is 5.27. The molecule has 2 aromatic heterocycles. The third-order valence-electron chi connectivity index (χ3n) is 2.61. The average molecular weight is 241 g/mol. The number of aromatic nitrogens is 4. The Morgan fingerprint density at radius 1 is 1.06 bits per heavy atom. The molecule has 90 valence electrons. The molecule has 3 aromatic rings. The summed E-state index contributed by atoms with van der Waals surface area (Å²) in [7, 11) is 0. The zero-order chi connectivity index (χ0) is 12.7. The lowest BCUT2D eigenvalue weighted by Gasteiger charge is -2.06. The second-order valence-electron chi connectivity index (χ2n) is 3.88. The number of hydrogen-bond acceptors (Lipinski definition) is 6. The first-order valence-electron chi connectivity index (χ1n) is 5.27. The molecule has 0 radical (unpaired) electrons. The average Bonchev–Trinajstić information content (AvgIpc) is 2.75. The number of nitrogens with zero attached hydrogens (tertiary/aromatic N) is 4. The van der Waals surface area contributed by atoms with Gasteiger partial charge in [-0.25, -0.2) is 9.67 Å². The molecular weight excluding hydrogens is 230 g/mol. The van der Waals surface area contributed by atoms with Crippen molar-refractivity contribution in [2.24, 2.45) is 0 Å². The van der Waals surface area contributed by atoms with Gasteiger partial charge >= 0.3 is 0 Å². The lowest BCUT2D eigenvalue weighted by Crippen LogP contribution is -2.07. The van der Waals surface area contributed by atoms with Crippen LogP contribution in [0, 0.1) is 0 Å². The van der Waals surface area contributed by atoms with Crippen LogP contribution in [0.2, 0.25) is 0 Å². The molecule has 2 heterocycles. The van der Waals surface area contributed by atoms with Crippen LogP contribution in [0.15, 0.2) is 30.6 Å². The van der Waals surface area contributed by atoms with Crippen LogP contribution in [0.5, 0.6) is 0 Å². The Hall–Kier alpha value is -2.83. The maximum absolute atomic E-state index is 5.84. The van der Waals surface area contributed by atoms with E-state index in [1.807, 2.05) is 12.1 Å². The van der Waals surface area contributed by atoms with Crippen LogP contribution in [0.3, 0.4) is 0 Å². The molecule has 18 heavy (non-hydrogen) atoms. The van der Waals surface area contributed by atoms with Crippen LogP contribution in [0.25, 0.3) is 16.7 Å². The van der Waals surface area contributed by atoms with Crippen LogP contribution in [0.1, 0.15) is 0 Å². The number of hydrogen-bond donors (Lipinski definition) is 3. The van der Waals surface area contributed by atoms with E-state index in [9.17, 15) is 0 Å². The summed E-state index contributed by atoms with van der Waals surface area (Å²) < 4.78 is 1.60. The van der Waals surface area contributed by atoms with E-state index in [0.717, 1.165) is 10.9 Å². The van der Waals surface area contributed by atoms with Crippen molar-refractivity contribution in [2.45, 2.75) is 0 Å². The fourth-order valence-corrected chi connectivity index (χ4v) is 1.77. The molecule has 7 heteroatoms. The molecule has 0 amide bonds. The number of anilines is 3. The Labute approximate surface area is 102 Å². The highest BCUT2D eigenvalue weighted by atomic mass is 15.3. The van der Waals surface area contributed by atoms with Gasteiger partial charge in [0.25, 0.3) is 0 Å². The van der Waals surface area contributed by atoms with Gasteiger partial charge in [-0.3, -0.25) is 0 Å². The van der Waals surface area contributed by atoms with E-state index in [4.69, 9.17) is 17.2 Å². The van der Waals surface area contributed by atoms with Crippen molar-refractivity contribution in [2.75, 3.05) is 17.2 Å². The van der Waals surface area contributed by atoms with Crippen molar-refractivity contribution >= 4 is 28.2 Å². The van der Waals surface area contributed by atoms with Crippen LogP contribution >= 0.6 is 0 Å². The maximum Gasteiger partial charge on any atom is 0.222 e. The van der Waals surface area contributed by atoms with E-state index in [1.54, 1.807) is 16.9 Å². The quantitative estimate of drug-likeness (QED) is 0.535. The summed E-state index contributed by atoms with van der Waals surface area (Å²) in [6.07, 6.45) is 3.17. The van der Waals surface area contributed by atoms with Gasteiger partial charge < -0.3 is 17.2 Å². The van der Waals surface area contributed by atoms with Crippen molar-refractivity contribution in [3.05, 3.63) is 30.6 Å². The molecule has 3 rings (SSSR count). The van der Waals surface area contributed by atoms with Gasteiger partial charge in [0.05, 0.1) is 23.6 Å². The fourth-order valence-electron chi connectivity index (χ4n) is 1.77. The fraction of sp³-hybridized carbons (Fsp3) is 0. The minimum Gasteiger partial charge on any atom is -0.399 e. The van der Waals surface area contributed by atoms with Crippen molar-refractivity contribution in [1.82, 2.24) is 19.7 Å². The second-order valence-corrected chi connectivity index (χ2v) is 3.88. The van der Waals surface area contributed by atoms with Crippen LogP contribution in [-0.2, 0) is 0 Å². The van der Waals surface area contributed by atoms with E-state index < -0.39 is 0 Å². The molecule has 0 saturated heterocycles. The smallest absolute Gasteiger partial charge is 0.222 e. The topological polar surface area (TPSA) is 122 Å². The highest BCUT2D eigenvalue weighted by Gasteiger charge is 2.10. The number of nitrogens with two attached hydrogens (primary N) is 3. The highest BCUT2D eigenvalue weighted by Crippen LogP contribution is 2.22. The summed E-state index contributed by atoms with van der Waals surface area (Å²) in [4.78, 5) is 7.92. The number of rotatable bonds is 1. The molecule has 0 spiro atoms. The highest BCUT2D eigenvalue weighted by molar-refractivity contribution is 5.83. The van der Waals surface area contributed by atoms with Crippen molar-refractivity contribution in [1.29, 1.82) is 0 Å². The minimum absolute atomic E-state index is 0.145. The molecular formula is C11H11N7. The van der Waals surface area contributed by atoms with E-state index in [2.05, 4.69) is 15.1 Å². The molecule has 7 nitrogen and oxygen atoms in total. The van der Waals surface area contributed by atoms with Crippen molar-refractivity contribution < 1.29 is 0 Å². The van der Waals surface area contributed by atoms with E-state index in [0.29, 0.717) is 17.2 Å². The zero-order valence-corrected chi connectivity index (χ0v) is 9.41. The van der Waals surface area contributed by atoms with Gasteiger partial charge in [-0.2, -0.15) is 10.1 Å². The summed E-state index contributed by atoms with van der Waals surface area (Å²) in [5.41, 5.74) is 19.0. The van der Waals surface area contributed by atoms with Crippen LogP contribution < -0.4 is 17.2 Å². The van der Waals surface area contributed by atoms with Gasteiger partial charge in [0.15, 0.2) is 5.82 Å². The van der Waals surface area contributed by atoms with Gasteiger partial charge in [-0.1, -0.05) is 0 Å². The lowest BCUT2D eigenvalue weighted by molar-refractivity contribution is 0.873. The SMILES string of the molecule is Nc1ccc2cnn(-c3nc(N)ncc3N)c2c1. The summed E-state index contributed by atoms with van der Waals surface area (Å²) in [5.74, 6) is 0.592. The van der Waals surface area contributed by atoms with Gasteiger partial charge in [0, 0.05) is 11.1 Å². The van der Waals surface area contributed by atoms with E-state index >= 15 is 0 Å². The van der Waals surface area contributed by atoms with Crippen molar-refractivity contribution in [3.8, 4) is 5.82 Å². The summed E-state index contributed by atoms with van der Waals surface area (Å²) >= 11 is 0. The van der Waals surface area contributed by atoms with E-state index in [-0.39, 0.29) is 5.95 Å². The molecule has 0 aliphatic rings. The molecule has 0 bridgehead atoms. The lowest BCUT2D eigenvalue weighted by atomic mass is 10.2. The molecule has 0 aliphatic heterocycles. The zero-order valence-electron chi connectivity index (χ0n) is 9.41. The predicted octanol–water partition coefficient (Wildman–Crippen LogP) is 0.562. The Morgan fingerprint density at radius 2 is 1.89 bits per heavy atom. The molecule has 0 saturated carbocycles. The predicted molar refractivity (Wildman–Crippen MR) is 69.9 cm³/mol. The summed E-state index contributed by atoms with van der Waals surface area (Å²) in [5, 5.41) is 5.19. The Balaban J connectivity index is 2.31. The molecule has 0 unspecified atom stereocenters. The van der Waals surface area contributed by atoms with E-state index in [1.165, 1.54) is 6.20 Å². The summed E-state index contributed by atoms with van der Waals surface area (Å²) in [6.45, 7) is 0. The monoisotopic (exact) mass is 241 g/mol. The second kappa shape index (κ2) is 3.59. The molecule has 0 aliphatic carbocycles.